The van der Waals surface area contributed by atoms with Gasteiger partial charge >= 0.3 is 23.9 Å². The summed E-state index contributed by atoms with van der Waals surface area (Å²) in [5, 5.41) is 14.8. The number of carbonyl (C=O) groups is 4. The molecule has 1 aromatic carbocycles. The van der Waals surface area contributed by atoms with Crippen molar-refractivity contribution in [2.45, 2.75) is 13.8 Å². The lowest BCUT2D eigenvalue weighted by Crippen LogP contribution is -2.13. The van der Waals surface area contributed by atoms with Gasteiger partial charge in [0.2, 0.25) is 0 Å². The average molecular weight is 375 g/mol. The first-order valence-electron chi connectivity index (χ1n) is 7.06. The van der Waals surface area contributed by atoms with Gasteiger partial charge < -0.3 is 25.4 Å². The van der Waals surface area contributed by atoms with Crippen LogP contribution in [0.4, 0.5) is 0 Å². The lowest BCUT2D eigenvalue weighted by molar-refractivity contribution is -0.159. The quantitative estimate of drug-likeness (QED) is 0.397. The van der Waals surface area contributed by atoms with Crippen LogP contribution in [0.1, 0.15) is 34.6 Å². The Morgan fingerprint density at radius 2 is 1.20 bits per heavy atom. The van der Waals surface area contributed by atoms with E-state index in [-0.39, 0.29) is 24.3 Å². The van der Waals surface area contributed by atoms with Gasteiger partial charge in [0, 0.05) is 6.29 Å². The number of ether oxygens (including phenoxy) is 2. The Hall–Kier alpha value is -2.51. The molecule has 10 heteroatoms. The first-order chi connectivity index (χ1) is 11.8. The molecule has 1 unspecified atom stereocenters. The van der Waals surface area contributed by atoms with E-state index in [2.05, 4.69) is 9.24 Å². The van der Waals surface area contributed by atoms with Crippen LogP contribution in [-0.2, 0) is 19.1 Å². The van der Waals surface area contributed by atoms with Crippen LogP contribution in [0.3, 0.4) is 0 Å². The number of benzene rings is 1. The van der Waals surface area contributed by atoms with Gasteiger partial charge in [-0.15, -0.1) is 9.24 Å². The molecule has 1 atom stereocenters. The maximum absolute atomic E-state index is 11.5. The second kappa shape index (κ2) is 15.0. The molecule has 25 heavy (non-hydrogen) atoms. The van der Waals surface area contributed by atoms with E-state index >= 15 is 0 Å². The van der Waals surface area contributed by atoms with Crippen LogP contribution in [0.2, 0.25) is 0 Å². The van der Waals surface area contributed by atoms with E-state index in [1.54, 1.807) is 38.1 Å². The Bertz CT molecular complexity index is 527. The molecule has 0 aliphatic carbocycles. The number of rotatable bonds is 4. The fourth-order valence-electron chi connectivity index (χ4n) is 1.26. The SMILES string of the molecule is CCOC(=O)c1ccccc1C(=O)OCC.NCP.O=C(O)C(=O)O. The van der Waals surface area contributed by atoms with Gasteiger partial charge in [-0.05, 0) is 26.0 Å². The molecular weight excluding hydrogens is 353 g/mol. The molecule has 0 saturated heterocycles. The summed E-state index contributed by atoms with van der Waals surface area (Å²) in [5.41, 5.74) is 5.29. The normalized spacial score (nSPS) is 8.64. The largest absolute Gasteiger partial charge is 0.473 e. The number of hydrogen-bond donors (Lipinski definition) is 3. The number of esters is 2. The second-order valence-corrected chi connectivity index (χ2v) is 4.30. The van der Waals surface area contributed by atoms with Gasteiger partial charge in [0.05, 0.1) is 24.3 Å². The van der Waals surface area contributed by atoms with Crippen LogP contribution < -0.4 is 5.73 Å². The van der Waals surface area contributed by atoms with Gasteiger partial charge in [-0.1, -0.05) is 12.1 Å². The molecule has 0 spiro atoms. The van der Waals surface area contributed by atoms with E-state index < -0.39 is 23.9 Å². The minimum atomic E-state index is -1.82. The van der Waals surface area contributed by atoms with E-state index in [0.29, 0.717) is 6.29 Å². The number of aliphatic carboxylic acids is 2. The van der Waals surface area contributed by atoms with Gasteiger partial charge in [-0.3, -0.25) is 0 Å². The zero-order valence-corrected chi connectivity index (χ0v) is 15.1. The fourth-order valence-corrected chi connectivity index (χ4v) is 1.26. The van der Waals surface area contributed by atoms with Crippen LogP contribution in [0.15, 0.2) is 24.3 Å². The van der Waals surface area contributed by atoms with Crippen molar-refractivity contribution in [3.05, 3.63) is 35.4 Å². The minimum Gasteiger partial charge on any atom is -0.473 e. The van der Waals surface area contributed by atoms with E-state index in [0.717, 1.165) is 0 Å². The van der Waals surface area contributed by atoms with Crippen molar-refractivity contribution >= 4 is 33.1 Å². The number of nitrogens with two attached hydrogens (primary N) is 1. The summed E-state index contributed by atoms with van der Waals surface area (Å²) in [6.07, 6.45) is 0.667. The van der Waals surface area contributed by atoms with E-state index in [9.17, 15) is 9.59 Å². The van der Waals surface area contributed by atoms with Crippen LogP contribution in [0, 0.1) is 0 Å². The number of carboxylic acid groups (broad SMARTS) is 2. The first kappa shape index (κ1) is 24.7. The predicted octanol–water partition coefficient (Wildman–Crippen LogP) is 0.973. The highest BCUT2D eigenvalue weighted by Crippen LogP contribution is 2.11. The molecule has 0 amide bonds. The summed E-state index contributed by atoms with van der Waals surface area (Å²) >= 11 is 0. The van der Waals surface area contributed by atoms with E-state index in [4.69, 9.17) is 35.0 Å². The number of carbonyl (C=O) groups excluding carboxylic acids is 2. The summed E-state index contributed by atoms with van der Waals surface area (Å²) in [7, 11) is 2.36. The molecule has 0 radical (unpaired) electrons. The predicted molar refractivity (Wildman–Crippen MR) is 92.4 cm³/mol. The zero-order valence-electron chi connectivity index (χ0n) is 13.9. The monoisotopic (exact) mass is 375 g/mol. The highest BCUT2D eigenvalue weighted by molar-refractivity contribution is 7.16. The van der Waals surface area contributed by atoms with E-state index in [1.807, 2.05) is 0 Å². The molecule has 140 valence electrons. The van der Waals surface area contributed by atoms with E-state index in [1.165, 1.54) is 0 Å². The van der Waals surface area contributed by atoms with Crippen LogP contribution in [0.5, 0.6) is 0 Å². The summed E-state index contributed by atoms with van der Waals surface area (Å²) in [5.74, 6) is -4.66. The van der Waals surface area contributed by atoms with Crippen LogP contribution in [-0.4, -0.2) is 53.6 Å². The van der Waals surface area contributed by atoms with Crippen molar-refractivity contribution in [1.29, 1.82) is 0 Å². The third-order valence-electron chi connectivity index (χ3n) is 2.10. The maximum atomic E-state index is 11.5. The van der Waals surface area contributed by atoms with Gasteiger partial charge in [0.15, 0.2) is 0 Å². The van der Waals surface area contributed by atoms with Gasteiger partial charge in [-0.25, -0.2) is 19.2 Å². The summed E-state index contributed by atoms with van der Waals surface area (Å²) in [6, 6.07) is 6.44. The number of carboxylic acids is 2. The van der Waals surface area contributed by atoms with Gasteiger partial charge in [0.25, 0.3) is 0 Å². The Balaban J connectivity index is 0. The van der Waals surface area contributed by atoms with Crippen LogP contribution >= 0.6 is 9.24 Å². The third-order valence-corrected chi connectivity index (χ3v) is 2.10. The lowest BCUT2D eigenvalue weighted by atomic mass is 10.1. The molecular formula is C15H22NO8P. The van der Waals surface area contributed by atoms with Crippen molar-refractivity contribution in [1.82, 2.24) is 0 Å². The Labute approximate surface area is 147 Å². The van der Waals surface area contributed by atoms with Crippen molar-refractivity contribution in [2.75, 3.05) is 19.5 Å². The van der Waals surface area contributed by atoms with Crippen molar-refractivity contribution in [2.24, 2.45) is 5.73 Å². The molecule has 0 aliphatic rings. The third kappa shape index (κ3) is 11.6. The Morgan fingerprint density at radius 3 is 1.40 bits per heavy atom. The topological polar surface area (TPSA) is 153 Å². The molecule has 0 heterocycles. The molecule has 1 aromatic rings. The summed E-state index contributed by atoms with van der Waals surface area (Å²) in [4.78, 5) is 41.3. The highest BCUT2D eigenvalue weighted by Gasteiger charge is 2.17. The molecule has 4 N–H and O–H groups in total. The average Bonchev–Trinajstić information content (AvgIpc) is 2.56. The van der Waals surface area contributed by atoms with Gasteiger partial charge in [-0.2, -0.15) is 0 Å². The summed E-state index contributed by atoms with van der Waals surface area (Å²) in [6.45, 7) is 3.97. The summed E-state index contributed by atoms with van der Waals surface area (Å²) < 4.78 is 9.70. The highest BCUT2D eigenvalue weighted by atomic mass is 31.0. The molecule has 0 aliphatic heterocycles. The molecule has 0 bridgehead atoms. The van der Waals surface area contributed by atoms with Crippen molar-refractivity contribution in [3.8, 4) is 0 Å². The molecule has 0 saturated carbocycles. The zero-order chi connectivity index (χ0) is 19.8. The smallest absolute Gasteiger partial charge is 0.414 e. The molecule has 9 nitrogen and oxygen atoms in total. The fraction of sp³-hybridized carbons (Fsp3) is 0.333. The lowest BCUT2D eigenvalue weighted by Gasteiger charge is -2.07. The molecule has 1 rings (SSSR count). The van der Waals surface area contributed by atoms with Crippen molar-refractivity contribution in [3.63, 3.8) is 0 Å². The minimum absolute atomic E-state index is 0.239. The first-order valence-corrected chi connectivity index (χ1v) is 7.87. The molecule has 0 aromatic heterocycles. The standard InChI is InChI=1S/C12H14O4.C2H2O4.CH6NP/c1-3-15-11(13)9-7-5-6-8-10(9)12(14)16-4-2;3-1(4)2(5)6;2-1-3/h5-8H,3-4H2,1-2H3;(H,3,4)(H,5,6);1-3H2. The van der Waals surface area contributed by atoms with Crippen molar-refractivity contribution < 1.29 is 38.9 Å². The number of hydrogen-bond acceptors (Lipinski definition) is 7. The Morgan fingerprint density at radius 1 is 0.920 bits per heavy atom. The Kier molecular flexibility index (Phi) is 14.9. The van der Waals surface area contributed by atoms with Gasteiger partial charge in [0.1, 0.15) is 0 Å². The van der Waals surface area contributed by atoms with Crippen LogP contribution in [0.25, 0.3) is 0 Å². The molecule has 0 fully saturated rings. The second-order valence-electron chi connectivity index (χ2n) is 3.83. The maximum Gasteiger partial charge on any atom is 0.414 e.